The van der Waals surface area contributed by atoms with Crippen LogP contribution in [0.4, 0.5) is 17.6 Å². The fourth-order valence-corrected chi connectivity index (χ4v) is 2.26. The van der Waals surface area contributed by atoms with Crippen molar-refractivity contribution in [2.24, 2.45) is 11.8 Å². The maximum atomic E-state index is 13.3. The number of halogens is 4. The summed E-state index contributed by atoms with van der Waals surface area (Å²) in [7, 11) is 0. The number of Topliss-reactive ketones (excluding diaryl/α,β-unsaturated/α-hetero) is 1. The normalized spacial score (nSPS) is 13.0. The summed E-state index contributed by atoms with van der Waals surface area (Å²) in [6.07, 6.45) is -4.26. The average Bonchev–Trinajstić information content (AvgIpc) is 2.48. The number of alkyl halides is 3. The van der Waals surface area contributed by atoms with E-state index in [-0.39, 0.29) is 30.2 Å². The zero-order valence-corrected chi connectivity index (χ0v) is 13.8. The molecule has 0 spiro atoms. The summed E-state index contributed by atoms with van der Waals surface area (Å²) in [6.45, 7) is 5.04. The number of nitrogens with one attached hydrogen (secondary N) is 1. The minimum Gasteiger partial charge on any atom is -0.352 e. The Kier molecular flexibility index (Phi) is 6.93. The quantitative estimate of drug-likeness (QED) is 0.755. The second-order valence-electron chi connectivity index (χ2n) is 6.01. The van der Waals surface area contributed by atoms with Gasteiger partial charge in [0.1, 0.15) is 11.6 Å². The number of benzene rings is 1. The fourth-order valence-electron chi connectivity index (χ4n) is 2.26. The molecule has 1 aromatic carbocycles. The summed E-state index contributed by atoms with van der Waals surface area (Å²) < 4.78 is 51.3. The summed E-state index contributed by atoms with van der Waals surface area (Å²) in [5.41, 5.74) is -1.09. The second-order valence-corrected chi connectivity index (χ2v) is 6.01. The van der Waals surface area contributed by atoms with E-state index < -0.39 is 29.4 Å². The number of carbonyl (C=O) groups is 2. The molecule has 1 atom stereocenters. The summed E-state index contributed by atoms with van der Waals surface area (Å²) >= 11 is 0. The van der Waals surface area contributed by atoms with Crippen molar-refractivity contribution in [3.05, 3.63) is 35.1 Å². The molecule has 0 saturated heterocycles. The zero-order chi connectivity index (χ0) is 18.5. The number of hydrogen-bond acceptors (Lipinski definition) is 2. The highest BCUT2D eigenvalue weighted by atomic mass is 19.4. The van der Waals surface area contributed by atoms with Crippen LogP contribution in [0.2, 0.25) is 0 Å². The Morgan fingerprint density at radius 2 is 1.79 bits per heavy atom. The van der Waals surface area contributed by atoms with E-state index in [0.29, 0.717) is 12.5 Å². The first kappa shape index (κ1) is 20.1. The zero-order valence-electron chi connectivity index (χ0n) is 13.8. The first-order valence-corrected chi connectivity index (χ1v) is 7.70. The number of rotatable bonds is 7. The molecule has 0 aromatic heterocycles. The van der Waals surface area contributed by atoms with E-state index in [1.54, 1.807) is 20.8 Å². The van der Waals surface area contributed by atoms with Gasteiger partial charge in [0.2, 0.25) is 5.91 Å². The van der Waals surface area contributed by atoms with Crippen molar-refractivity contribution in [3.63, 3.8) is 0 Å². The van der Waals surface area contributed by atoms with Gasteiger partial charge in [-0.05, 0) is 29.7 Å². The molecule has 24 heavy (non-hydrogen) atoms. The predicted molar refractivity (Wildman–Crippen MR) is 81.5 cm³/mol. The lowest BCUT2D eigenvalue weighted by Gasteiger charge is -2.19. The maximum Gasteiger partial charge on any atom is 0.416 e. The van der Waals surface area contributed by atoms with Crippen LogP contribution in [0.3, 0.4) is 0 Å². The molecule has 1 amide bonds. The summed E-state index contributed by atoms with van der Waals surface area (Å²) in [5.74, 6) is -2.17. The van der Waals surface area contributed by atoms with Crippen LogP contribution in [-0.2, 0) is 22.3 Å². The third-order valence-corrected chi connectivity index (χ3v) is 3.74. The van der Waals surface area contributed by atoms with E-state index >= 15 is 0 Å². The van der Waals surface area contributed by atoms with Crippen molar-refractivity contribution in [3.8, 4) is 0 Å². The molecular weight excluding hydrogens is 326 g/mol. The van der Waals surface area contributed by atoms with Gasteiger partial charge in [-0.15, -0.1) is 0 Å². The first-order chi connectivity index (χ1) is 11.0. The lowest BCUT2D eigenvalue weighted by Crippen LogP contribution is -2.34. The van der Waals surface area contributed by atoms with Crippen molar-refractivity contribution >= 4 is 11.7 Å². The van der Waals surface area contributed by atoms with E-state index in [0.717, 1.165) is 12.1 Å². The minimum atomic E-state index is -4.66. The van der Waals surface area contributed by atoms with Gasteiger partial charge in [-0.1, -0.05) is 20.8 Å². The molecule has 0 bridgehead atoms. The molecule has 1 aromatic rings. The molecule has 134 valence electrons. The van der Waals surface area contributed by atoms with Crippen LogP contribution in [0.15, 0.2) is 18.2 Å². The monoisotopic (exact) mass is 347 g/mol. The molecular formula is C17H21F4NO2. The second kappa shape index (κ2) is 8.26. The molecule has 0 aliphatic carbocycles. The fraction of sp³-hybridized carbons (Fsp3) is 0.529. The lowest BCUT2D eigenvalue weighted by atomic mass is 9.89. The Balaban J connectivity index is 2.82. The number of hydrogen-bond donors (Lipinski definition) is 1. The van der Waals surface area contributed by atoms with Crippen molar-refractivity contribution in [1.29, 1.82) is 0 Å². The topological polar surface area (TPSA) is 46.2 Å². The van der Waals surface area contributed by atoms with Crippen molar-refractivity contribution in [2.75, 3.05) is 0 Å². The third kappa shape index (κ3) is 5.94. The SMILES string of the molecule is CCC(=O)CC(C(=O)NCc1cc(F)cc(C(F)(F)F)c1)C(C)C. The Morgan fingerprint density at radius 1 is 1.17 bits per heavy atom. The van der Waals surface area contributed by atoms with Gasteiger partial charge in [-0.2, -0.15) is 13.2 Å². The van der Waals surface area contributed by atoms with Crippen LogP contribution >= 0.6 is 0 Å². The Morgan fingerprint density at radius 3 is 2.29 bits per heavy atom. The van der Waals surface area contributed by atoms with Crippen molar-refractivity contribution in [2.45, 2.75) is 46.3 Å². The van der Waals surface area contributed by atoms with E-state index in [1.807, 2.05) is 0 Å². The van der Waals surface area contributed by atoms with Crippen molar-refractivity contribution < 1.29 is 27.2 Å². The minimum absolute atomic E-state index is 0.0139. The average molecular weight is 347 g/mol. The van der Waals surface area contributed by atoms with Gasteiger partial charge in [0.05, 0.1) is 5.56 Å². The molecule has 0 aliphatic rings. The molecule has 1 rings (SSSR count). The van der Waals surface area contributed by atoms with Gasteiger partial charge < -0.3 is 5.32 Å². The van der Waals surface area contributed by atoms with Crippen LogP contribution in [0.1, 0.15) is 44.7 Å². The molecule has 1 N–H and O–H groups in total. The highest BCUT2D eigenvalue weighted by molar-refractivity contribution is 5.86. The smallest absolute Gasteiger partial charge is 0.352 e. The number of carbonyl (C=O) groups excluding carboxylic acids is 2. The molecule has 0 fully saturated rings. The maximum absolute atomic E-state index is 13.3. The van der Waals surface area contributed by atoms with E-state index in [9.17, 15) is 27.2 Å². The van der Waals surface area contributed by atoms with Gasteiger partial charge in [0, 0.05) is 25.3 Å². The first-order valence-electron chi connectivity index (χ1n) is 7.70. The van der Waals surface area contributed by atoms with E-state index in [4.69, 9.17) is 0 Å². The summed E-state index contributed by atoms with van der Waals surface area (Å²) in [4.78, 5) is 23.7. The molecule has 3 nitrogen and oxygen atoms in total. The molecule has 0 heterocycles. The highest BCUT2D eigenvalue weighted by Gasteiger charge is 2.31. The van der Waals surface area contributed by atoms with Gasteiger partial charge >= 0.3 is 6.18 Å². The third-order valence-electron chi connectivity index (χ3n) is 3.74. The number of amides is 1. The summed E-state index contributed by atoms with van der Waals surface area (Å²) in [6, 6.07) is 2.14. The molecule has 1 unspecified atom stereocenters. The van der Waals surface area contributed by atoms with Crippen LogP contribution in [-0.4, -0.2) is 11.7 Å². The summed E-state index contributed by atoms with van der Waals surface area (Å²) in [5, 5.41) is 2.49. The van der Waals surface area contributed by atoms with Gasteiger partial charge in [0.25, 0.3) is 0 Å². The van der Waals surface area contributed by atoms with Crippen LogP contribution < -0.4 is 5.32 Å². The molecule has 0 radical (unpaired) electrons. The van der Waals surface area contributed by atoms with E-state index in [1.165, 1.54) is 0 Å². The van der Waals surface area contributed by atoms with Crippen LogP contribution in [0.25, 0.3) is 0 Å². The van der Waals surface area contributed by atoms with Gasteiger partial charge in [0.15, 0.2) is 0 Å². The Hall–Kier alpha value is -1.92. The highest BCUT2D eigenvalue weighted by Crippen LogP contribution is 2.30. The van der Waals surface area contributed by atoms with Gasteiger partial charge in [-0.25, -0.2) is 4.39 Å². The molecule has 0 aliphatic heterocycles. The van der Waals surface area contributed by atoms with E-state index in [2.05, 4.69) is 5.32 Å². The van der Waals surface area contributed by atoms with Crippen LogP contribution in [0.5, 0.6) is 0 Å². The Bertz CT molecular complexity index is 597. The molecule has 0 saturated carbocycles. The Labute approximate surface area is 138 Å². The predicted octanol–water partition coefficient (Wildman–Crippen LogP) is 4.10. The van der Waals surface area contributed by atoms with Crippen LogP contribution in [0, 0.1) is 17.7 Å². The van der Waals surface area contributed by atoms with Crippen molar-refractivity contribution in [1.82, 2.24) is 5.32 Å². The standard InChI is InChI=1S/C17H21F4NO2/c1-4-14(23)8-15(10(2)3)16(24)22-9-11-5-12(17(19,20)21)7-13(18)6-11/h5-7,10,15H,4,8-9H2,1-3H3,(H,22,24). The molecule has 7 heteroatoms. The largest absolute Gasteiger partial charge is 0.416 e. The lowest BCUT2D eigenvalue weighted by molar-refractivity contribution is -0.137. The van der Waals surface area contributed by atoms with Gasteiger partial charge in [-0.3, -0.25) is 9.59 Å². The number of ketones is 1.